The Hall–Kier alpha value is -2.75. The van der Waals surface area contributed by atoms with E-state index >= 15 is 0 Å². The molecule has 0 aliphatic carbocycles. The monoisotopic (exact) mass is 290 g/mol. The van der Waals surface area contributed by atoms with Gasteiger partial charge in [-0.25, -0.2) is 9.97 Å². The molecule has 4 nitrogen and oxygen atoms in total. The largest absolute Gasteiger partial charge is 0.357 e. The average Bonchev–Trinajstić information content (AvgIpc) is 2.56. The molecule has 0 fully saturated rings. The molecule has 0 atom stereocenters. The van der Waals surface area contributed by atoms with Crippen molar-refractivity contribution in [2.45, 2.75) is 13.8 Å². The van der Waals surface area contributed by atoms with Crippen molar-refractivity contribution in [1.29, 1.82) is 0 Å². The molecule has 110 valence electrons. The minimum atomic E-state index is 0.638. The lowest BCUT2D eigenvalue weighted by Crippen LogP contribution is -2.01. The van der Waals surface area contributed by atoms with Crippen molar-refractivity contribution in [2.24, 2.45) is 0 Å². The van der Waals surface area contributed by atoms with E-state index in [9.17, 15) is 0 Å². The number of rotatable bonds is 3. The number of allylic oxidation sites excluding steroid dienone is 1. The van der Waals surface area contributed by atoms with Crippen LogP contribution in [0.5, 0.6) is 0 Å². The molecule has 1 N–H and O–H groups in total. The van der Waals surface area contributed by atoms with Crippen LogP contribution in [0.25, 0.3) is 16.5 Å². The van der Waals surface area contributed by atoms with Crippen LogP contribution in [0, 0.1) is 6.92 Å². The van der Waals surface area contributed by atoms with Crippen LogP contribution in [-0.4, -0.2) is 22.0 Å². The van der Waals surface area contributed by atoms with Crippen molar-refractivity contribution in [3.63, 3.8) is 0 Å². The number of hydrogen-bond acceptors (Lipinski definition) is 4. The van der Waals surface area contributed by atoms with Gasteiger partial charge in [-0.2, -0.15) is 0 Å². The van der Waals surface area contributed by atoms with Gasteiger partial charge in [0.15, 0.2) is 0 Å². The molecule has 0 saturated heterocycles. The summed E-state index contributed by atoms with van der Waals surface area (Å²) in [6.07, 6.45) is 5.78. The van der Waals surface area contributed by atoms with Crippen LogP contribution in [0.2, 0.25) is 0 Å². The van der Waals surface area contributed by atoms with Crippen molar-refractivity contribution < 1.29 is 0 Å². The van der Waals surface area contributed by atoms with Gasteiger partial charge in [-0.05, 0) is 43.2 Å². The number of benzene rings is 1. The van der Waals surface area contributed by atoms with Gasteiger partial charge in [-0.1, -0.05) is 18.2 Å². The maximum absolute atomic E-state index is 4.47. The molecule has 0 amide bonds. The Morgan fingerprint density at radius 3 is 2.77 bits per heavy atom. The normalized spacial score (nSPS) is 11.7. The van der Waals surface area contributed by atoms with Gasteiger partial charge in [0, 0.05) is 30.4 Å². The third-order valence-electron chi connectivity index (χ3n) is 3.70. The third-order valence-corrected chi connectivity index (χ3v) is 3.70. The van der Waals surface area contributed by atoms with Crippen LogP contribution in [0.3, 0.4) is 0 Å². The molecular formula is C18H18N4. The third kappa shape index (κ3) is 2.55. The minimum absolute atomic E-state index is 0.638. The summed E-state index contributed by atoms with van der Waals surface area (Å²) in [4.78, 5) is 13.2. The van der Waals surface area contributed by atoms with E-state index < -0.39 is 0 Å². The molecule has 2 aromatic heterocycles. The summed E-state index contributed by atoms with van der Waals surface area (Å²) in [6, 6.07) is 10.3. The number of anilines is 1. The Labute approximate surface area is 130 Å². The molecule has 0 bridgehead atoms. The van der Waals surface area contributed by atoms with Gasteiger partial charge < -0.3 is 5.32 Å². The quantitative estimate of drug-likeness (QED) is 0.796. The first kappa shape index (κ1) is 14.2. The number of aryl methyl sites for hydroxylation is 1. The number of fused-ring (bicyclic) bond motifs is 1. The van der Waals surface area contributed by atoms with Crippen LogP contribution in [0.4, 0.5) is 5.95 Å². The number of pyridine rings is 1. The summed E-state index contributed by atoms with van der Waals surface area (Å²) in [5, 5.41) is 4.10. The smallest absolute Gasteiger partial charge is 0.222 e. The number of aromatic nitrogens is 3. The topological polar surface area (TPSA) is 50.7 Å². The van der Waals surface area contributed by atoms with Crippen molar-refractivity contribution in [3.05, 3.63) is 65.6 Å². The van der Waals surface area contributed by atoms with Crippen LogP contribution in [0.1, 0.15) is 23.7 Å². The molecule has 3 rings (SSSR count). The van der Waals surface area contributed by atoms with Gasteiger partial charge in [-0.3, -0.25) is 4.98 Å². The highest BCUT2D eigenvalue weighted by Gasteiger charge is 2.10. The Morgan fingerprint density at radius 2 is 2.05 bits per heavy atom. The molecule has 2 heterocycles. The zero-order chi connectivity index (χ0) is 15.5. The van der Waals surface area contributed by atoms with Crippen LogP contribution < -0.4 is 5.32 Å². The van der Waals surface area contributed by atoms with E-state index in [0.717, 1.165) is 33.3 Å². The zero-order valence-corrected chi connectivity index (χ0v) is 13.0. The minimum Gasteiger partial charge on any atom is -0.357 e. The first-order chi connectivity index (χ1) is 10.7. The zero-order valence-electron chi connectivity index (χ0n) is 13.0. The molecular weight excluding hydrogens is 272 g/mol. The van der Waals surface area contributed by atoms with Gasteiger partial charge in [0.25, 0.3) is 0 Å². The van der Waals surface area contributed by atoms with Gasteiger partial charge in [-0.15, -0.1) is 0 Å². The molecule has 0 aliphatic rings. The van der Waals surface area contributed by atoms with E-state index in [1.54, 1.807) is 0 Å². The van der Waals surface area contributed by atoms with E-state index in [1.807, 2.05) is 45.4 Å². The van der Waals surface area contributed by atoms with Crippen molar-refractivity contribution >= 4 is 22.4 Å². The molecule has 0 unspecified atom stereocenters. The van der Waals surface area contributed by atoms with Crippen LogP contribution >= 0.6 is 0 Å². The first-order valence-corrected chi connectivity index (χ1v) is 7.26. The predicted molar refractivity (Wildman–Crippen MR) is 90.8 cm³/mol. The highest BCUT2D eigenvalue weighted by atomic mass is 15.1. The second-order valence-corrected chi connectivity index (χ2v) is 5.06. The summed E-state index contributed by atoms with van der Waals surface area (Å²) in [7, 11) is 1.82. The van der Waals surface area contributed by atoms with Crippen molar-refractivity contribution in [1.82, 2.24) is 15.0 Å². The summed E-state index contributed by atoms with van der Waals surface area (Å²) < 4.78 is 0. The number of nitrogens with one attached hydrogen (secondary N) is 1. The molecule has 3 aromatic rings. The highest BCUT2D eigenvalue weighted by Crippen LogP contribution is 2.27. The first-order valence-electron chi connectivity index (χ1n) is 7.26. The van der Waals surface area contributed by atoms with Crippen LogP contribution in [-0.2, 0) is 0 Å². The maximum atomic E-state index is 4.47. The molecule has 4 heteroatoms. The second kappa shape index (κ2) is 5.93. The average molecular weight is 290 g/mol. The molecule has 0 aliphatic heterocycles. The van der Waals surface area contributed by atoms with Gasteiger partial charge in [0.1, 0.15) is 0 Å². The van der Waals surface area contributed by atoms with Gasteiger partial charge in [0.05, 0.1) is 11.2 Å². The lowest BCUT2D eigenvalue weighted by molar-refractivity contribution is 1.08. The Morgan fingerprint density at radius 1 is 1.18 bits per heavy atom. The van der Waals surface area contributed by atoms with E-state index in [4.69, 9.17) is 0 Å². The highest BCUT2D eigenvalue weighted by molar-refractivity contribution is 5.87. The Bertz CT molecular complexity index is 853. The van der Waals surface area contributed by atoms with E-state index in [2.05, 4.69) is 44.5 Å². The fourth-order valence-electron chi connectivity index (χ4n) is 2.57. The lowest BCUT2D eigenvalue weighted by atomic mass is 9.96. The summed E-state index contributed by atoms with van der Waals surface area (Å²) >= 11 is 0. The lowest BCUT2D eigenvalue weighted by Gasteiger charge is -2.12. The van der Waals surface area contributed by atoms with Gasteiger partial charge in [0.2, 0.25) is 5.95 Å². The number of hydrogen-bond donors (Lipinski definition) is 1. The van der Waals surface area contributed by atoms with Gasteiger partial charge >= 0.3 is 0 Å². The number of nitrogens with zero attached hydrogens (tertiary/aromatic N) is 3. The standard InChI is InChI=1S/C18H18N4/c1-4-15(16-11-21-18(19-3)22-12(16)2)13-7-8-17-14(10-13)6-5-9-20-17/h4-11H,1-3H3,(H,19,21,22)/b15-4-. The fraction of sp³-hybridized carbons (Fsp3) is 0.167. The van der Waals surface area contributed by atoms with Crippen LogP contribution in [0.15, 0.2) is 48.8 Å². The predicted octanol–water partition coefficient (Wildman–Crippen LogP) is 3.83. The summed E-state index contributed by atoms with van der Waals surface area (Å²) in [6.45, 7) is 4.04. The Kier molecular flexibility index (Phi) is 3.83. The molecule has 1 aromatic carbocycles. The Balaban J connectivity index is 2.10. The van der Waals surface area contributed by atoms with E-state index in [-0.39, 0.29) is 0 Å². The summed E-state index contributed by atoms with van der Waals surface area (Å²) in [5.41, 5.74) is 5.28. The molecule has 0 saturated carbocycles. The second-order valence-electron chi connectivity index (χ2n) is 5.06. The summed E-state index contributed by atoms with van der Waals surface area (Å²) in [5.74, 6) is 0.638. The van der Waals surface area contributed by atoms with Crippen molar-refractivity contribution in [2.75, 3.05) is 12.4 Å². The van der Waals surface area contributed by atoms with Crippen molar-refractivity contribution in [3.8, 4) is 0 Å². The SMILES string of the molecule is C/C=C(/c1ccc2ncccc2c1)c1cnc(NC)nc1C. The molecule has 22 heavy (non-hydrogen) atoms. The van der Waals surface area contributed by atoms with E-state index in [1.165, 1.54) is 0 Å². The fourth-order valence-corrected chi connectivity index (χ4v) is 2.57. The van der Waals surface area contributed by atoms with E-state index in [0.29, 0.717) is 5.95 Å². The molecule has 0 spiro atoms. The molecule has 0 radical (unpaired) electrons. The maximum Gasteiger partial charge on any atom is 0.222 e.